The van der Waals surface area contributed by atoms with E-state index in [1.807, 2.05) is 0 Å². The molecule has 0 N–H and O–H groups in total. The van der Waals surface area contributed by atoms with Crippen molar-refractivity contribution in [1.82, 2.24) is 9.97 Å². The number of carbonyl (C=O) groups is 2. The van der Waals surface area contributed by atoms with Gasteiger partial charge in [0.2, 0.25) is 5.95 Å². The van der Waals surface area contributed by atoms with Crippen LogP contribution in [0.15, 0.2) is 24.4 Å². The average Bonchev–Trinajstić information content (AvgIpc) is 2.65. The van der Waals surface area contributed by atoms with Crippen molar-refractivity contribution in [2.75, 3.05) is 11.4 Å². The highest BCUT2D eigenvalue weighted by molar-refractivity contribution is 6.31. The van der Waals surface area contributed by atoms with E-state index in [0.717, 1.165) is 12.3 Å². The third kappa shape index (κ3) is 6.03. The highest BCUT2D eigenvalue weighted by Crippen LogP contribution is 2.34. The van der Waals surface area contributed by atoms with Crippen LogP contribution in [-0.2, 0) is 21.9 Å². The summed E-state index contributed by atoms with van der Waals surface area (Å²) in [5, 5.41) is 9.91. The zero-order valence-electron chi connectivity index (χ0n) is 16.6. The van der Waals surface area contributed by atoms with Gasteiger partial charge in [-0.05, 0) is 32.9 Å². The van der Waals surface area contributed by atoms with Gasteiger partial charge in [0.25, 0.3) is 0 Å². The molecule has 0 aromatic carbocycles. The number of pyridine rings is 2. The zero-order valence-corrected chi connectivity index (χ0v) is 17.3. The number of aliphatic carboxylic acids is 1. The van der Waals surface area contributed by atoms with E-state index in [1.54, 1.807) is 0 Å². The Balaban J connectivity index is 2.62. The van der Waals surface area contributed by atoms with E-state index in [2.05, 4.69) is 9.97 Å². The van der Waals surface area contributed by atoms with Crippen LogP contribution in [0.1, 0.15) is 32.0 Å². The van der Waals surface area contributed by atoms with Gasteiger partial charge in [0, 0.05) is 24.2 Å². The molecule has 0 atom stereocenters. The maximum absolute atomic E-state index is 15.0. The van der Waals surface area contributed by atoms with E-state index < -0.39 is 70.4 Å². The Morgan fingerprint density at radius 2 is 1.87 bits per heavy atom. The van der Waals surface area contributed by atoms with Gasteiger partial charge in [-0.15, -0.1) is 0 Å². The summed E-state index contributed by atoms with van der Waals surface area (Å²) in [6, 6.07) is 3.63. The van der Waals surface area contributed by atoms with Gasteiger partial charge in [-0.25, -0.2) is 9.18 Å². The quantitative estimate of drug-likeness (QED) is 0.483. The highest BCUT2D eigenvalue weighted by Gasteiger charge is 2.41. The number of nitrogens with zero attached hydrogens (tertiary/aromatic N) is 3. The molecule has 1 amide bonds. The van der Waals surface area contributed by atoms with Crippen molar-refractivity contribution in [3.05, 3.63) is 52.4 Å². The molecular formula is C19H17ClF4N3O4-. The molecule has 0 radical (unpaired) electrons. The summed E-state index contributed by atoms with van der Waals surface area (Å²) in [4.78, 5) is 30.2. The number of carbonyl (C=O) groups excluding carboxylic acids is 2. The molecule has 2 heterocycles. The summed E-state index contributed by atoms with van der Waals surface area (Å²) < 4.78 is 63.8. The molecule has 0 aliphatic carbocycles. The van der Waals surface area contributed by atoms with Crippen molar-refractivity contribution in [3.63, 3.8) is 0 Å². The van der Waals surface area contributed by atoms with Crippen molar-refractivity contribution >= 4 is 29.5 Å². The number of aromatic nitrogens is 2. The fourth-order valence-corrected chi connectivity index (χ4v) is 2.62. The molecule has 168 valence electrons. The van der Waals surface area contributed by atoms with Crippen molar-refractivity contribution in [3.8, 4) is 0 Å². The number of anilines is 1. The molecule has 7 nitrogen and oxygen atoms in total. The van der Waals surface area contributed by atoms with Crippen molar-refractivity contribution < 1.29 is 37.0 Å². The van der Waals surface area contributed by atoms with E-state index in [-0.39, 0.29) is 4.90 Å². The molecule has 0 bridgehead atoms. The Hall–Kier alpha value is -2.95. The van der Waals surface area contributed by atoms with Crippen molar-refractivity contribution in [2.24, 2.45) is 0 Å². The number of carboxylic acids is 1. The lowest BCUT2D eigenvalue weighted by atomic mass is 10.1. The largest absolute Gasteiger partial charge is 0.550 e. The standard InChI is InChI=1S/C19H18ClF4N3O4/c1-18(2,3)31-17(30)27(9-19(23,24)11-6-4-5-7-25-11)16-14(21)10(8-12(28)29)13(20)15(22)26-16/h4-7H,8-9H2,1-3H3,(H,28,29)/p-1. The number of hydrogen-bond donors (Lipinski definition) is 0. The lowest BCUT2D eigenvalue weighted by molar-refractivity contribution is -0.304. The van der Waals surface area contributed by atoms with Crippen LogP contribution in [0.4, 0.5) is 28.2 Å². The van der Waals surface area contributed by atoms with Gasteiger partial charge >= 0.3 is 12.0 Å². The second-order valence-corrected chi connectivity index (χ2v) is 7.75. The first-order valence-corrected chi connectivity index (χ1v) is 9.14. The molecule has 0 aliphatic rings. The minimum absolute atomic E-state index is 0.0629. The smallest absolute Gasteiger partial charge is 0.416 e. The third-order valence-electron chi connectivity index (χ3n) is 3.70. The minimum Gasteiger partial charge on any atom is -0.550 e. The van der Waals surface area contributed by atoms with Gasteiger partial charge in [0.15, 0.2) is 11.6 Å². The predicted molar refractivity (Wildman–Crippen MR) is 99.6 cm³/mol. The number of alkyl halides is 2. The van der Waals surface area contributed by atoms with Crippen LogP contribution < -0.4 is 10.0 Å². The van der Waals surface area contributed by atoms with E-state index in [9.17, 15) is 32.3 Å². The Labute approximate surface area is 179 Å². The van der Waals surface area contributed by atoms with E-state index >= 15 is 0 Å². The fourth-order valence-electron chi connectivity index (χ4n) is 2.43. The van der Waals surface area contributed by atoms with Gasteiger partial charge in [-0.3, -0.25) is 9.88 Å². The Morgan fingerprint density at radius 3 is 2.39 bits per heavy atom. The van der Waals surface area contributed by atoms with Gasteiger partial charge in [-0.1, -0.05) is 17.7 Å². The molecule has 0 fully saturated rings. The van der Waals surface area contributed by atoms with Crippen LogP contribution in [-0.4, -0.2) is 34.2 Å². The molecule has 2 aromatic heterocycles. The lowest BCUT2D eigenvalue weighted by Crippen LogP contribution is -2.44. The first kappa shape index (κ1) is 24.3. The second kappa shape index (κ2) is 9.04. The molecule has 31 heavy (non-hydrogen) atoms. The maximum Gasteiger partial charge on any atom is 0.416 e. The van der Waals surface area contributed by atoms with Crippen LogP contribution in [0.25, 0.3) is 0 Å². The fraction of sp³-hybridized carbons (Fsp3) is 0.368. The van der Waals surface area contributed by atoms with Crippen LogP contribution in [0.2, 0.25) is 5.02 Å². The SMILES string of the molecule is CC(C)(C)OC(=O)N(CC(F)(F)c1ccccn1)c1nc(F)c(Cl)c(CC(=O)[O-])c1F. The van der Waals surface area contributed by atoms with Gasteiger partial charge in [0.1, 0.15) is 22.9 Å². The van der Waals surface area contributed by atoms with Gasteiger partial charge in [0.05, 0.1) is 0 Å². The summed E-state index contributed by atoms with van der Waals surface area (Å²) in [5.41, 5.74) is -2.86. The molecule has 0 aliphatic heterocycles. The summed E-state index contributed by atoms with van der Waals surface area (Å²) >= 11 is 5.57. The van der Waals surface area contributed by atoms with Crippen molar-refractivity contribution in [2.45, 2.75) is 38.7 Å². The molecule has 12 heteroatoms. The van der Waals surface area contributed by atoms with Gasteiger partial charge in [-0.2, -0.15) is 18.2 Å². The van der Waals surface area contributed by atoms with Crippen LogP contribution in [0, 0.1) is 11.8 Å². The number of hydrogen-bond acceptors (Lipinski definition) is 6. The van der Waals surface area contributed by atoms with Gasteiger partial charge < -0.3 is 14.6 Å². The monoisotopic (exact) mass is 462 g/mol. The van der Waals surface area contributed by atoms with Crippen LogP contribution in [0.5, 0.6) is 0 Å². The second-order valence-electron chi connectivity index (χ2n) is 7.37. The Morgan fingerprint density at radius 1 is 1.23 bits per heavy atom. The summed E-state index contributed by atoms with van der Waals surface area (Å²) in [6.45, 7) is 2.74. The molecule has 2 rings (SSSR count). The normalized spacial score (nSPS) is 11.9. The van der Waals surface area contributed by atoms with E-state index in [0.29, 0.717) is 0 Å². The Kier molecular flexibility index (Phi) is 7.10. The van der Waals surface area contributed by atoms with Crippen LogP contribution >= 0.6 is 11.6 Å². The average molecular weight is 463 g/mol. The summed E-state index contributed by atoms with van der Waals surface area (Å²) in [7, 11) is 0. The predicted octanol–water partition coefficient (Wildman–Crippen LogP) is 3.23. The third-order valence-corrected chi connectivity index (χ3v) is 4.08. The highest BCUT2D eigenvalue weighted by atomic mass is 35.5. The molecule has 0 unspecified atom stereocenters. The summed E-state index contributed by atoms with van der Waals surface area (Å²) in [5.74, 6) is -10.0. The number of rotatable bonds is 6. The van der Waals surface area contributed by atoms with Crippen molar-refractivity contribution in [1.29, 1.82) is 0 Å². The number of amides is 1. The lowest BCUT2D eigenvalue weighted by Gasteiger charge is -2.30. The minimum atomic E-state index is -3.84. The first-order chi connectivity index (χ1) is 14.2. The first-order valence-electron chi connectivity index (χ1n) is 8.76. The molecule has 0 saturated heterocycles. The molecular weight excluding hydrogens is 446 g/mol. The zero-order chi connectivity index (χ0) is 23.6. The number of ether oxygens (including phenoxy) is 1. The van der Waals surface area contributed by atoms with E-state index in [4.69, 9.17) is 16.3 Å². The van der Waals surface area contributed by atoms with E-state index in [1.165, 1.54) is 32.9 Å². The summed E-state index contributed by atoms with van der Waals surface area (Å²) in [6.07, 6.45) is -1.58. The number of halogens is 5. The van der Waals surface area contributed by atoms with Crippen LogP contribution in [0.3, 0.4) is 0 Å². The number of carboxylic acid groups (broad SMARTS) is 1. The molecule has 2 aromatic rings. The Bertz CT molecular complexity index is 984. The topological polar surface area (TPSA) is 95.5 Å². The maximum atomic E-state index is 15.0. The molecule has 0 saturated carbocycles. The molecule has 0 spiro atoms.